The van der Waals surface area contributed by atoms with Gasteiger partial charge in [-0.2, -0.15) is 0 Å². The summed E-state index contributed by atoms with van der Waals surface area (Å²) in [6, 6.07) is 5.07. The number of anilines is 1. The molecule has 1 aliphatic rings. The van der Waals surface area contributed by atoms with Crippen molar-refractivity contribution < 1.29 is 14.6 Å². The van der Waals surface area contributed by atoms with Crippen LogP contribution in [-0.4, -0.2) is 30.3 Å². The Morgan fingerprint density at radius 3 is 3.05 bits per heavy atom. The Balaban J connectivity index is 2.03. The molecule has 0 radical (unpaired) electrons. The molecule has 2 rings (SSSR count). The van der Waals surface area contributed by atoms with E-state index in [1.807, 2.05) is 0 Å². The monoisotopic (exact) mass is 307 g/mol. The van der Waals surface area contributed by atoms with E-state index < -0.39 is 0 Å². The lowest BCUT2D eigenvalue weighted by Crippen LogP contribution is -2.25. The minimum absolute atomic E-state index is 0.00934. The Hall–Kier alpha value is -1.54. The van der Waals surface area contributed by atoms with Crippen molar-refractivity contribution in [3.05, 3.63) is 28.8 Å². The third-order valence-corrected chi connectivity index (χ3v) is 3.48. The summed E-state index contributed by atoms with van der Waals surface area (Å²) in [5.74, 6) is 5.25. The quantitative estimate of drug-likeness (QED) is 0.844. The van der Waals surface area contributed by atoms with E-state index in [9.17, 15) is 4.79 Å². The zero-order valence-corrected chi connectivity index (χ0v) is 12.4. The second-order valence-electron chi connectivity index (χ2n) is 4.89. The topological polar surface area (TPSA) is 58.6 Å². The summed E-state index contributed by atoms with van der Waals surface area (Å²) in [5.41, 5.74) is 1.19. The molecule has 0 spiro atoms. The van der Waals surface area contributed by atoms with Gasteiger partial charge < -0.3 is 15.2 Å². The van der Waals surface area contributed by atoms with Crippen molar-refractivity contribution in [1.82, 2.24) is 0 Å². The van der Waals surface area contributed by atoms with Crippen LogP contribution in [0, 0.1) is 11.8 Å². The molecule has 2 N–H and O–H groups in total. The van der Waals surface area contributed by atoms with E-state index in [1.165, 1.54) is 0 Å². The van der Waals surface area contributed by atoms with Crippen LogP contribution in [0.15, 0.2) is 18.2 Å². The van der Waals surface area contributed by atoms with Crippen LogP contribution in [0.5, 0.6) is 0 Å². The highest BCUT2D eigenvalue weighted by molar-refractivity contribution is 6.31. The fourth-order valence-electron chi connectivity index (χ4n) is 2.24. The standard InChI is InChI=1S/C16H18ClNO3/c17-13-7-6-12(4-3-8-19)15(10-13)18-16(20)11-14-5-1-2-9-21-14/h6-7,10,14,19H,1-2,5,8-9,11H2,(H,18,20). The largest absolute Gasteiger partial charge is 0.384 e. The average Bonchev–Trinajstić information content (AvgIpc) is 2.47. The molecular formula is C16H18ClNO3. The van der Waals surface area contributed by atoms with E-state index in [0.717, 1.165) is 25.9 Å². The predicted octanol–water partition coefficient (Wildman–Crippen LogP) is 2.58. The maximum absolute atomic E-state index is 12.1. The van der Waals surface area contributed by atoms with Gasteiger partial charge in [-0.3, -0.25) is 4.79 Å². The summed E-state index contributed by atoms with van der Waals surface area (Å²) >= 11 is 5.95. The van der Waals surface area contributed by atoms with Gasteiger partial charge in [0.1, 0.15) is 6.61 Å². The number of amides is 1. The van der Waals surface area contributed by atoms with Crippen LogP contribution in [0.25, 0.3) is 0 Å². The van der Waals surface area contributed by atoms with Crippen LogP contribution in [0.1, 0.15) is 31.2 Å². The van der Waals surface area contributed by atoms with Crippen LogP contribution < -0.4 is 5.32 Å². The predicted molar refractivity (Wildman–Crippen MR) is 82.3 cm³/mol. The van der Waals surface area contributed by atoms with Crippen molar-refractivity contribution in [3.63, 3.8) is 0 Å². The molecule has 1 amide bonds. The van der Waals surface area contributed by atoms with E-state index in [1.54, 1.807) is 18.2 Å². The minimum Gasteiger partial charge on any atom is -0.384 e. The van der Waals surface area contributed by atoms with Crippen LogP contribution in [0.3, 0.4) is 0 Å². The SMILES string of the molecule is O=C(CC1CCCCO1)Nc1cc(Cl)ccc1C#CCO. The van der Waals surface area contributed by atoms with Gasteiger partial charge in [-0.15, -0.1) is 0 Å². The van der Waals surface area contributed by atoms with Gasteiger partial charge in [0.25, 0.3) is 0 Å². The molecule has 1 saturated heterocycles. The highest BCUT2D eigenvalue weighted by atomic mass is 35.5. The molecule has 4 nitrogen and oxygen atoms in total. The zero-order valence-electron chi connectivity index (χ0n) is 11.7. The zero-order chi connectivity index (χ0) is 15.1. The number of aliphatic hydroxyl groups is 1. The Morgan fingerprint density at radius 2 is 2.33 bits per heavy atom. The lowest BCUT2D eigenvalue weighted by atomic mass is 10.1. The molecule has 1 fully saturated rings. The van der Waals surface area contributed by atoms with Crippen molar-refractivity contribution in [2.75, 3.05) is 18.5 Å². The number of nitrogens with one attached hydrogen (secondary N) is 1. The van der Waals surface area contributed by atoms with Gasteiger partial charge in [0, 0.05) is 17.2 Å². The third kappa shape index (κ3) is 5.05. The highest BCUT2D eigenvalue weighted by Gasteiger charge is 2.18. The summed E-state index contributed by atoms with van der Waals surface area (Å²) in [6.45, 7) is 0.494. The Morgan fingerprint density at radius 1 is 1.48 bits per heavy atom. The van der Waals surface area contributed by atoms with Crippen LogP contribution in [0.2, 0.25) is 5.02 Å². The molecule has 112 valence electrons. The Kier molecular flexibility index (Phi) is 6.06. The number of carbonyl (C=O) groups is 1. The maximum Gasteiger partial charge on any atom is 0.227 e. The number of aliphatic hydroxyl groups excluding tert-OH is 1. The first kappa shape index (κ1) is 15.8. The molecule has 21 heavy (non-hydrogen) atoms. The van der Waals surface area contributed by atoms with Crippen molar-refractivity contribution in [2.24, 2.45) is 0 Å². The number of benzene rings is 1. The van der Waals surface area contributed by atoms with Crippen LogP contribution >= 0.6 is 11.6 Å². The molecule has 1 aliphatic heterocycles. The second-order valence-corrected chi connectivity index (χ2v) is 5.33. The number of ether oxygens (including phenoxy) is 1. The highest BCUT2D eigenvalue weighted by Crippen LogP contribution is 2.22. The Bertz CT molecular complexity index is 556. The number of carbonyl (C=O) groups excluding carboxylic acids is 1. The summed E-state index contributed by atoms with van der Waals surface area (Å²) < 4.78 is 5.56. The van der Waals surface area contributed by atoms with Gasteiger partial charge in [0.15, 0.2) is 0 Å². The molecule has 0 bridgehead atoms. The fraction of sp³-hybridized carbons (Fsp3) is 0.438. The normalized spacial score (nSPS) is 17.7. The van der Waals surface area contributed by atoms with Gasteiger partial charge in [-0.1, -0.05) is 23.4 Å². The molecule has 1 aromatic carbocycles. The summed E-state index contributed by atoms with van der Waals surface area (Å²) in [5, 5.41) is 12.1. The Labute approximate surface area is 129 Å². The van der Waals surface area contributed by atoms with Crippen molar-refractivity contribution in [3.8, 4) is 11.8 Å². The van der Waals surface area contributed by atoms with Gasteiger partial charge in [-0.05, 0) is 37.5 Å². The van der Waals surface area contributed by atoms with Crippen molar-refractivity contribution in [2.45, 2.75) is 31.8 Å². The summed E-state index contributed by atoms with van der Waals surface area (Å²) in [7, 11) is 0. The number of halogens is 1. The first-order valence-corrected chi connectivity index (χ1v) is 7.37. The lowest BCUT2D eigenvalue weighted by molar-refractivity contribution is -0.119. The van der Waals surface area contributed by atoms with E-state index in [-0.39, 0.29) is 18.6 Å². The van der Waals surface area contributed by atoms with Crippen molar-refractivity contribution in [1.29, 1.82) is 0 Å². The summed E-state index contributed by atoms with van der Waals surface area (Å²) in [4.78, 5) is 12.1. The maximum atomic E-state index is 12.1. The smallest absolute Gasteiger partial charge is 0.227 e. The van der Waals surface area contributed by atoms with Crippen LogP contribution in [-0.2, 0) is 9.53 Å². The molecule has 0 saturated carbocycles. The molecular weight excluding hydrogens is 290 g/mol. The van der Waals surface area contributed by atoms with E-state index >= 15 is 0 Å². The molecule has 5 heteroatoms. The first-order valence-electron chi connectivity index (χ1n) is 7.00. The van der Waals surface area contributed by atoms with E-state index in [4.69, 9.17) is 21.4 Å². The third-order valence-electron chi connectivity index (χ3n) is 3.24. The fourth-order valence-corrected chi connectivity index (χ4v) is 2.41. The molecule has 0 aromatic heterocycles. The molecule has 1 heterocycles. The second kappa shape index (κ2) is 8.04. The number of rotatable bonds is 3. The van der Waals surface area contributed by atoms with Gasteiger partial charge >= 0.3 is 0 Å². The van der Waals surface area contributed by atoms with Gasteiger partial charge in [0.2, 0.25) is 5.91 Å². The van der Waals surface area contributed by atoms with Crippen molar-refractivity contribution >= 4 is 23.2 Å². The molecule has 1 atom stereocenters. The number of hydrogen-bond donors (Lipinski definition) is 2. The first-order chi connectivity index (χ1) is 10.2. The molecule has 0 aliphatic carbocycles. The van der Waals surface area contributed by atoms with Gasteiger partial charge in [0.05, 0.1) is 18.2 Å². The van der Waals surface area contributed by atoms with E-state index in [2.05, 4.69) is 17.2 Å². The van der Waals surface area contributed by atoms with Crippen LogP contribution in [0.4, 0.5) is 5.69 Å². The summed E-state index contributed by atoms with van der Waals surface area (Å²) in [6.07, 6.45) is 3.40. The lowest BCUT2D eigenvalue weighted by Gasteiger charge is -2.22. The number of hydrogen-bond acceptors (Lipinski definition) is 3. The molecule has 1 unspecified atom stereocenters. The van der Waals surface area contributed by atoms with E-state index in [0.29, 0.717) is 22.7 Å². The molecule has 1 aromatic rings. The average molecular weight is 308 g/mol. The van der Waals surface area contributed by atoms with Gasteiger partial charge in [-0.25, -0.2) is 0 Å². The minimum atomic E-state index is -0.230.